The lowest BCUT2D eigenvalue weighted by atomic mass is 9.75. The number of hydrogen-bond acceptors (Lipinski definition) is 11. The standard InChI is InChI=1S/C50H59FN12O3/c1-2-50(49(66)57-36-5-3-4-6-36)19-23-61(24-20-50)44-15-7-33(27-53-44)46-47-34(26-52)28-55-63(47)31-43(58-46)35-29-54-62(30-35)39-11-9-38(10-12-39)60-21-17-32(18-22-60)40-13-8-37(25-41(40)51)56-42-14-16-45(64)59-48(42)65/h7-8,13,15,25,27-32,36,38-39,42,56H,2-6,9-12,14,16-24H2,1H3,(H,57,66)(H,59,64,65)/t38-,39-,42-/m0/s1. The van der Waals surface area contributed by atoms with E-state index in [9.17, 15) is 19.6 Å². The molecule has 5 aliphatic rings. The zero-order chi connectivity index (χ0) is 45.4. The summed E-state index contributed by atoms with van der Waals surface area (Å²) in [6.45, 7) is 5.51. The van der Waals surface area contributed by atoms with Crippen LogP contribution in [0.1, 0.15) is 126 Å². The Kier molecular flexibility index (Phi) is 12.3. The molecule has 7 heterocycles. The lowest BCUT2D eigenvalue weighted by molar-refractivity contribution is -0.134. The van der Waals surface area contributed by atoms with Crippen LogP contribution in [-0.4, -0.2) is 96.3 Å². The minimum atomic E-state index is -0.546. The molecule has 3 N–H and O–H groups in total. The Bertz CT molecular complexity index is 2620. The molecule has 5 aromatic rings. The van der Waals surface area contributed by atoms with Gasteiger partial charge >= 0.3 is 0 Å². The van der Waals surface area contributed by atoms with Crippen molar-refractivity contribution in [1.29, 1.82) is 5.26 Å². The summed E-state index contributed by atoms with van der Waals surface area (Å²) in [7, 11) is 0. The highest BCUT2D eigenvalue weighted by molar-refractivity contribution is 6.01. The van der Waals surface area contributed by atoms with E-state index in [0.717, 1.165) is 119 Å². The third-order valence-corrected chi connectivity index (χ3v) is 15.5. The fraction of sp³-hybridized carbons (Fsp3) is 0.520. The number of benzene rings is 1. The van der Waals surface area contributed by atoms with Gasteiger partial charge in [-0.15, -0.1) is 0 Å². The predicted molar refractivity (Wildman–Crippen MR) is 248 cm³/mol. The smallest absolute Gasteiger partial charge is 0.249 e. The van der Waals surface area contributed by atoms with Crippen molar-refractivity contribution in [3.8, 4) is 28.6 Å². The van der Waals surface area contributed by atoms with Crippen molar-refractivity contribution in [2.75, 3.05) is 36.4 Å². The number of anilines is 2. The van der Waals surface area contributed by atoms with Gasteiger partial charge in [0.15, 0.2) is 0 Å². The number of carbonyl (C=O) groups is 3. The highest BCUT2D eigenvalue weighted by atomic mass is 19.1. The number of nitrogens with zero attached hydrogens (tertiary/aromatic N) is 9. The number of likely N-dealkylation sites (tertiary alicyclic amines) is 1. The second kappa shape index (κ2) is 18.6. The number of pyridine rings is 1. The highest BCUT2D eigenvalue weighted by Gasteiger charge is 2.41. The number of carbonyl (C=O) groups excluding carboxylic acids is 3. The molecule has 344 valence electrons. The molecule has 1 atom stereocenters. The molecule has 4 aromatic heterocycles. The van der Waals surface area contributed by atoms with Gasteiger partial charge in [0.25, 0.3) is 0 Å². The van der Waals surface area contributed by atoms with Crippen LogP contribution in [0.2, 0.25) is 0 Å². The molecule has 66 heavy (non-hydrogen) atoms. The molecule has 16 heteroatoms. The number of fused-ring (bicyclic) bond motifs is 1. The summed E-state index contributed by atoms with van der Waals surface area (Å²) >= 11 is 0. The monoisotopic (exact) mass is 894 g/mol. The molecular weight excluding hydrogens is 836 g/mol. The van der Waals surface area contributed by atoms with Gasteiger partial charge in [-0.05, 0) is 126 Å². The van der Waals surface area contributed by atoms with Crippen molar-refractivity contribution in [2.24, 2.45) is 5.41 Å². The van der Waals surface area contributed by atoms with Gasteiger partial charge in [0, 0.05) is 60.8 Å². The number of hydrogen-bond donors (Lipinski definition) is 3. The van der Waals surface area contributed by atoms with E-state index in [2.05, 4.69) is 54.7 Å². The average molecular weight is 895 g/mol. The summed E-state index contributed by atoms with van der Waals surface area (Å²) in [5.41, 5.74) is 5.01. The summed E-state index contributed by atoms with van der Waals surface area (Å²) in [5, 5.41) is 28.2. The number of nitriles is 1. The van der Waals surface area contributed by atoms with E-state index in [1.54, 1.807) is 10.7 Å². The van der Waals surface area contributed by atoms with Crippen molar-refractivity contribution >= 4 is 34.7 Å². The van der Waals surface area contributed by atoms with Crippen LogP contribution in [0.5, 0.6) is 0 Å². The first-order chi connectivity index (χ1) is 32.2. The van der Waals surface area contributed by atoms with Crippen molar-refractivity contribution in [3.05, 3.63) is 78.3 Å². The largest absolute Gasteiger partial charge is 0.374 e. The van der Waals surface area contributed by atoms with Crippen molar-refractivity contribution in [2.45, 2.75) is 133 Å². The van der Waals surface area contributed by atoms with E-state index < -0.39 is 6.04 Å². The minimum absolute atomic E-state index is 0.144. The van der Waals surface area contributed by atoms with Crippen LogP contribution < -0.4 is 20.9 Å². The molecule has 10 rings (SSSR count). The maximum atomic E-state index is 15.4. The van der Waals surface area contributed by atoms with Gasteiger partial charge in [-0.25, -0.2) is 18.9 Å². The third kappa shape index (κ3) is 8.77. The molecule has 15 nitrogen and oxygen atoms in total. The van der Waals surface area contributed by atoms with Gasteiger partial charge in [0.1, 0.15) is 34.8 Å². The van der Waals surface area contributed by atoms with Gasteiger partial charge < -0.3 is 20.4 Å². The molecule has 0 radical (unpaired) electrons. The van der Waals surface area contributed by atoms with Crippen LogP contribution >= 0.6 is 0 Å². The van der Waals surface area contributed by atoms with Crippen LogP contribution in [0.4, 0.5) is 15.9 Å². The fourth-order valence-electron chi connectivity index (χ4n) is 11.4. The molecule has 0 spiro atoms. The Morgan fingerprint density at radius 3 is 2.36 bits per heavy atom. The van der Waals surface area contributed by atoms with Crippen LogP contribution in [-0.2, 0) is 14.4 Å². The van der Waals surface area contributed by atoms with Crippen LogP contribution in [0.3, 0.4) is 0 Å². The lowest BCUT2D eigenvalue weighted by Gasteiger charge is -2.41. The summed E-state index contributed by atoms with van der Waals surface area (Å²) in [6.07, 6.45) is 22.8. The predicted octanol–water partition coefficient (Wildman–Crippen LogP) is 7.30. The number of piperidine rings is 3. The average Bonchev–Trinajstić information content (AvgIpc) is 4.15. The SMILES string of the molecule is CCC1(C(=O)NC2CCCC2)CCN(c2ccc(-c3nc(-c4cnn([C@H]5CC[C@H](N6CCC(c7ccc(N[C@H]8CCC(=O)NC8=O)cc7F)CC6)CC5)c4)cn4ncc(C#N)c34)cn2)CC1. The normalized spacial score (nSPS) is 23.2. The summed E-state index contributed by atoms with van der Waals surface area (Å²) in [4.78, 5) is 52.0. The van der Waals surface area contributed by atoms with Crippen molar-refractivity contribution in [3.63, 3.8) is 0 Å². The number of imide groups is 1. The Labute approximate surface area is 384 Å². The summed E-state index contributed by atoms with van der Waals surface area (Å²) in [6, 6.07) is 12.0. The maximum absolute atomic E-state index is 15.4. The van der Waals surface area contributed by atoms with Gasteiger partial charge in [0.2, 0.25) is 17.7 Å². The minimum Gasteiger partial charge on any atom is -0.374 e. The summed E-state index contributed by atoms with van der Waals surface area (Å²) < 4.78 is 19.2. The van der Waals surface area contributed by atoms with Crippen LogP contribution in [0.25, 0.3) is 28.0 Å². The molecule has 0 unspecified atom stereocenters. The zero-order valence-corrected chi connectivity index (χ0v) is 37.7. The van der Waals surface area contributed by atoms with Crippen molar-refractivity contribution < 1.29 is 18.8 Å². The fourth-order valence-corrected chi connectivity index (χ4v) is 11.4. The Morgan fingerprint density at radius 2 is 1.67 bits per heavy atom. The van der Waals surface area contributed by atoms with Crippen LogP contribution in [0, 0.1) is 22.6 Å². The quantitative estimate of drug-likeness (QED) is 0.113. The van der Waals surface area contributed by atoms with Crippen LogP contribution in [0.15, 0.2) is 61.3 Å². The molecule has 2 aliphatic carbocycles. The molecule has 3 amide bonds. The molecule has 5 fully saturated rings. The van der Waals surface area contributed by atoms with E-state index in [4.69, 9.17) is 15.1 Å². The number of halogens is 1. The topological polar surface area (TPSA) is 178 Å². The zero-order valence-electron chi connectivity index (χ0n) is 37.7. The molecule has 0 bridgehead atoms. The van der Waals surface area contributed by atoms with Crippen molar-refractivity contribution in [1.82, 2.24) is 44.9 Å². The van der Waals surface area contributed by atoms with Gasteiger partial charge in [-0.1, -0.05) is 25.8 Å². The van der Waals surface area contributed by atoms with Gasteiger partial charge in [0.05, 0.1) is 41.4 Å². The van der Waals surface area contributed by atoms with E-state index in [-0.39, 0.29) is 47.3 Å². The van der Waals surface area contributed by atoms with E-state index in [0.29, 0.717) is 46.7 Å². The first-order valence-corrected chi connectivity index (χ1v) is 24.2. The molecule has 2 saturated carbocycles. The van der Waals surface area contributed by atoms with Gasteiger partial charge in [-0.3, -0.25) is 24.4 Å². The Morgan fingerprint density at radius 1 is 0.894 bits per heavy atom. The first-order valence-electron chi connectivity index (χ1n) is 24.2. The number of amides is 3. The van der Waals surface area contributed by atoms with E-state index >= 15 is 4.39 Å². The highest BCUT2D eigenvalue weighted by Crippen LogP contribution is 2.39. The van der Waals surface area contributed by atoms with E-state index in [1.807, 2.05) is 42.9 Å². The third-order valence-electron chi connectivity index (χ3n) is 15.5. The second-order valence-electron chi connectivity index (χ2n) is 19.3. The lowest BCUT2D eigenvalue weighted by Crippen LogP contribution is -2.50. The maximum Gasteiger partial charge on any atom is 0.249 e. The molecule has 3 aliphatic heterocycles. The number of rotatable bonds is 11. The molecule has 1 aromatic carbocycles. The summed E-state index contributed by atoms with van der Waals surface area (Å²) in [5.74, 6) is 0.325. The molecule has 3 saturated heterocycles. The Hall–Kier alpha value is -6.21. The Balaban J connectivity index is 0.755. The van der Waals surface area contributed by atoms with Gasteiger partial charge in [-0.2, -0.15) is 15.5 Å². The molecular formula is C50H59FN12O3. The first kappa shape index (κ1) is 43.7. The second-order valence-corrected chi connectivity index (χ2v) is 19.3. The number of nitrogens with one attached hydrogen (secondary N) is 3. The number of aromatic nitrogens is 6. The van der Waals surface area contributed by atoms with E-state index in [1.165, 1.54) is 18.9 Å².